The molecule has 0 heterocycles. The highest BCUT2D eigenvalue weighted by Gasteiger charge is 2.06. The van der Waals surface area contributed by atoms with Gasteiger partial charge in [0.25, 0.3) is 0 Å². The molecular weight excluding hydrogens is 204 g/mol. The maximum Gasteiger partial charge on any atom is 0.345 e. The van der Waals surface area contributed by atoms with Crippen LogP contribution in [0.5, 0.6) is 0 Å². The zero-order chi connectivity index (χ0) is 8.15. The molecule has 0 bridgehead atoms. The van der Waals surface area contributed by atoms with Gasteiger partial charge in [-0.1, -0.05) is 0 Å². The van der Waals surface area contributed by atoms with E-state index in [-0.39, 0.29) is 4.48 Å². The van der Waals surface area contributed by atoms with Gasteiger partial charge in [-0.25, -0.2) is 9.59 Å². The van der Waals surface area contributed by atoms with Gasteiger partial charge in [-0.3, -0.25) is 0 Å². The average molecular weight is 209 g/mol. The van der Waals surface area contributed by atoms with Crippen LogP contribution in [0.2, 0.25) is 0 Å². The second kappa shape index (κ2) is 4.05. The molecule has 56 valence electrons. The first-order chi connectivity index (χ1) is 4.57. The third kappa shape index (κ3) is 3.24. The molecule has 0 unspecified atom stereocenters. The van der Waals surface area contributed by atoms with Gasteiger partial charge in [0.2, 0.25) is 0 Å². The van der Waals surface area contributed by atoms with Crippen molar-refractivity contribution in [3.05, 3.63) is 10.6 Å². The number of carbonyl (C=O) groups excluding carboxylic acids is 1. The van der Waals surface area contributed by atoms with Gasteiger partial charge in [0, 0.05) is 6.08 Å². The van der Waals surface area contributed by atoms with Crippen LogP contribution in [0, 0.1) is 0 Å². The summed E-state index contributed by atoms with van der Waals surface area (Å²) in [5.41, 5.74) is 0. The molecule has 0 atom stereocenters. The van der Waals surface area contributed by atoms with Crippen LogP contribution in [-0.2, 0) is 14.3 Å². The summed E-state index contributed by atoms with van der Waals surface area (Å²) in [5.74, 6) is -1.90. The number of aliphatic carboxylic acids is 1. The highest BCUT2D eigenvalue weighted by atomic mass is 79.9. The smallest absolute Gasteiger partial charge is 0.345 e. The summed E-state index contributed by atoms with van der Waals surface area (Å²) in [5, 5.41) is 8.11. The molecule has 10 heavy (non-hydrogen) atoms. The predicted octanol–water partition coefficient (Wildman–Crippen LogP) is 0.523. The molecule has 0 radical (unpaired) electrons. The van der Waals surface area contributed by atoms with Gasteiger partial charge >= 0.3 is 11.9 Å². The topological polar surface area (TPSA) is 63.6 Å². The van der Waals surface area contributed by atoms with Crippen LogP contribution in [0.25, 0.3) is 0 Å². The lowest BCUT2D eigenvalue weighted by molar-refractivity contribution is -0.136. The van der Waals surface area contributed by atoms with Gasteiger partial charge < -0.3 is 9.84 Å². The van der Waals surface area contributed by atoms with Crippen molar-refractivity contribution in [2.24, 2.45) is 0 Å². The molecule has 0 rings (SSSR count). The van der Waals surface area contributed by atoms with E-state index >= 15 is 0 Å². The molecule has 0 saturated carbocycles. The van der Waals surface area contributed by atoms with Gasteiger partial charge in [-0.15, -0.1) is 0 Å². The van der Waals surface area contributed by atoms with Crippen molar-refractivity contribution in [3.8, 4) is 0 Å². The Hall–Kier alpha value is -0.840. The number of esters is 1. The zero-order valence-corrected chi connectivity index (χ0v) is 6.71. The van der Waals surface area contributed by atoms with E-state index in [0.29, 0.717) is 6.08 Å². The van der Waals surface area contributed by atoms with Crippen molar-refractivity contribution in [3.63, 3.8) is 0 Å². The fourth-order valence-corrected chi connectivity index (χ4v) is 0.623. The van der Waals surface area contributed by atoms with Crippen LogP contribution in [-0.4, -0.2) is 24.2 Å². The minimum absolute atomic E-state index is 0.109. The Balaban J connectivity index is 4.19. The Morgan fingerprint density at radius 3 is 2.40 bits per heavy atom. The molecule has 1 N–H and O–H groups in total. The first kappa shape index (κ1) is 9.16. The Bertz CT molecular complexity index is 184. The first-order valence-corrected chi connectivity index (χ1v) is 3.05. The van der Waals surface area contributed by atoms with E-state index in [1.807, 2.05) is 0 Å². The predicted molar refractivity (Wildman–Crippen MR) is 36.7 cm³/mol. The third-order valence-corrected chi connectivity index (χ3v) is 1.18. The van der Waals surface area contributed by atoms with Crippen LogP contribution < -0.4 is 0 Å². The second-order valence-electron chi connectivity index (χ2n) is 1.32. The number of methoxy groups -OCH3 is 1. The van der Waals surface area contributed by atoms with E-state index in [1.165, 1.54) is 7.11 Å². The number of rotatable bonds is 2. The number of carbonyl (C=O) groups is 2. The molecule has 0 aliphatic heterocycles. The van der Waals surface area contributed by atoms with E-state index in [9.17, 15) is 9.59 Å². The van der Waals surface area contributed by atoms with Crippen LogP contribution in [0.3, 0.4) is 0 Å². The van der Waals surface area contributed by atoms with E-state index in [4.69, 9.17) is 5.11 Å². The molecule has 0 aliphatic rings. The van der Waals surface area contributed by atoms with Crippen molar-refractivity contribution < 1.29 is 19.4 Å². The number of ether oxygens (including phenoxy) is 1. The third-order valence-electron chi connectivity index (χ3n) is 0.631. The van der Waals surface area contributed by atoms with Gasteiger partial charge in [0.05, 0.1) is 7.11 Å². The molecule has 0 aromatic carbocycles. The summed E-state index contributed by atoms with van der Waals surface area (Å²) < 4.78 is 4.09. The Kier molecular flexibility index (Phi) is 3.71. The van der Waals surface area contributed by atoms with E-state index in [2.05, 4.69) is 20.7 Å². The highest BCUT2D eigenvalue weighted by molar-refractivity contribution is 9.12. The Morgan fingerprint density at radius 2 is 2.10 bits per heavy atom. The summed E-state index contributed by atoms with van der Waals surface area (Å²) in [6, 6.07) is 0. The van der Waals surface area contributed by atoms with Crippen molar-refractivity contribution in [2.75, 3.05) is 7.11 Å². The van der Waals surface area contributed by atoms with Gasteiger partial charge in [0.1, 0.15) is 4.48 Å². The number of hydrogen-bond donors (Lipinski definition) is 1. The maximum absolute atomic E-state index is 10.4. The number of carboxylic acids is 1. The first-order valence-electron chi connectivity index (χ1n) is 2.26. The molecule has 0 saturated heterocycles. The summed E-state index contributed by atoms with van der Waals surface area (Å²) >= 11 is 2.71. The summed E-state index contributed by atoms with van der Waals surface area (Å²) in [7, 11) is 1.17. The van der Waals surface area contributed by atoms with Crippen LogP contribution in [0.1, 0.15) is 0 Å². The largest absolute Gasteiger partial charge is 0.478 e. The van der Waals surface area contributed by atoms with Crippen molar-refractivity contribution in [1.29, 1.82) is 0 Å². The SMILES string of the molecule is COC(=O)/C(Br)=C/C(=O)O. The molecule has 5 heteroatoms. The van der Waals surface area contributed by atoms with Crippen molar-refractivity contribution in [2.45, 2.75) is 0 Å². The summed E-state index contributed by atoms with van der Waals surface area (Å²) in [4.78, 5) is 20.4. The number of hydrogen-bond acceptors (Lipinski definition) is 3. The number of carboxylic acid groups (broad SMARTS) is 1. The molecule has 0 aromatic rings. The fourth-order valence-electron chi connectivity index (χ4n) is 0.265. The second-order valence-corrected chi connectivity index (χ2v) is 2.18. The molecule has 0 aliphatic carbocycles. The molecule has 0 spiro atoms. The zero-order valence-electron chi connectivity index (χ0n) is 5.13. The van der Waals surface area contributed by atoms with Crippen LogP contribution in [0.4, 0.5) is 0 Å². The van der Waals surface area contributed by atoms with E-state index < -0.39 is 11.9 Å². The molecule has 0 fully saturated rings. The van der Waals surface area contributed by atoms with Gasteiger partial charge in [-0.2, -0.15) is 0 Å². The lowest BCUT2D eigenvalue weighted by Crippen LogP contribution is -2.01. The molecular formula is C5H5BrO4. The molecule has 4 nitrogen and oxygen atoms in total. The van der Waals surface area contributed by atoms with Gasteiger partial charge in [-0.05, 0) is 15.9 Å². The monoisotopic (exact) mass is 208 g/mol. The van der Waals surface area contributed by atoms with E-state index in [1.54, 1.807) is 0 Å². The lowest BCUT2D eigenvalue weighted by atomic mass is 10.5. The standard InChI is InChI=1S/C5H5BrO4/c1-10-5(9)3(6)2-4(7)8/h2H,1H3,(H,7,8)/b3-2-. The van der Waals surface area contributed by atoms with Crippen molar-refractivity contribution in [1.82, 2.24) is 0 Å². The molecule has 0 amide bonds. The minimum atomic E-state index is -1.20. The molecule has 0 aromatic heterocycles. The van der Waals surface area contributed by atoms with Gasteiger partial charge in [0.15, 0.2) is 0 Å². The fraction of sp³-hybridized carbons (Fsp3) is 0.200. The summed E-state index contributed by atoms with van der Waals surface area (Å²) in [6.07, 6.45) is 0.714. The van der Waals surface area contributed by atoms with E-state index in [0.717, 1.165) is 0 Å². The highest BCUT2D eigenvalue weighted by Crippen LogP contribution is 2.05. The average Bonchev–Trinajstić information content (AvgIpc) is 1.85. The quantitative estimate of drug-likeness (QED) is 0.531. The van der Waals surface area contributed by atoms with Crippen molar-refractivity contribution >= 4 is 27.9 Å². The maximum atomic E-state index is 10.4. The lowest BCUT2D eigenvalue weighted by Gasteiger charge is -1.92. The Morgan fingerprint density at radius 1 is 1.60 bits per heavy atom. The number of halogens is 1. The minimum Gasteiger partial charge on any atom is -0.478 e. The normalized spacial score (nSPS) is 10.8. The summed E-state index contributed by atoms with van der Waals surface area (Å²) in [6.45, 7) is 0. The Labute approximate surface area is 65.6 Å². The van der Waals surface area contributed by atoms with Crippen LogP contribution in [0.15, 0.2) is 10.6 Å². The van der Waals surface area contributed by atoms with Crippen LogP contribution >= 0.6 is 15.9 Å².